The summed E-state index contributed by atoms with van der Waals surface area (Å²) in [7, 11) is 0. The van der Waals surface area contributed by atoms with Gasteiger partial charge in [-0.1, -0.05) is 13.3 Å². The lowest BCUT2D eigenvalue weighted by molar-refractivity contribution is -0.125. The van der Waals surface area contributed by atoms with E-state index in [1.165, 1.54) is 21.4 Å². The van der Waals surface area contributed by atoms with Crippen LogP contribution in [0, 0.1) is 0 Å². The first-order chi connectivity index (χ1) is 9.53. The third kappa shape index (κ3) is 3.73. The van der Waals surface area contributed by atoms with E-state index in [2.05, 4.69) is 4.98 Å². The first-order valence-electron chi connectivity index (χ1n) is 6.88. The van der Waals surface area contributed by atoms with Crippen molar-refractivity contribution in [3.63, 3.8) is 0 Å². The second kappa shape index (κ2) is 6.58. The molecule has 1 aromatic heterocycles. The zero-order valence-electron chi connectivity index (χ0n) is 11.5. The third-order valence-electron chi connectivity index (χ3n) is 3.24. The number of aromatic nitrogens is 1. The van der Waals surface area contributed by atoms with Crippen LogP contribution in [0.2, 0.25) is 0 Å². The van der Waals surface area contributed by atoms with Crippen LogP contribution >= 0.6 is 11.3 Å². The predicted molar refractivity (Wildman–Crippen MR) is 74.9 cm³/mol. The van der Waals surface area contributed by atoms with Crippen LogP contribution in [0.1, 0.15) is 39.0 Å². The number of hydrogen-bond donors (Lipinski definition) is 0. The number of unbranched alkanes of at least 4 members (excludes halogenated alkanes) is 1. The molecular weight excluding hydrogens is 284 g/mol. The topological polar surface area (TPSA) is 36.4 Å². The number of carbonyl (C=O) groups excluding carboxylic acids is 1. The predicted octanol–water partition coefficient (Wildman–Crippen LogP) is 3.31. The normalized spacial score (nSPS) is 18.9. The van der Waals surface area contributed by atoms with Gasteiger partial charge in [0, 0.05) is 31.0 Å². The summed E-state index contributed by atoms with van der Waals surface area (Å²) in [6.45, 7) is 2.05. The number of piperidine rings is 1. The number of anilines is 1. The molecule has 0 bridgehead atoms. The maximum absolute atomic E-state index is 13.6. The summed E-state index contributed by atoms with van der Waals surface area (Å²) in [5.41, 5.74) is 0. The summed E-state index contributed by atoms with van der Waals surface area (Å²) < 4.78 is 27.2. The van der Waals surface area contributed by atoms with E-state index in [4.69, 9.17) is 0 Å². The molecule has 0 radical (unpaired) electrons. The minimum absolute atomic E-state index is 0.113. The number of nitrogens with zero attached hydrogens (tertiary/aromatic N) is 3. The summed E-state index contributed by atoms with van der Waals surface area (Å²) in [6, 6.07) is 0. The smallest absolute Gasteiger partial charge is 0.262 e. The minimum Gasteiger partial charge on any atom is -0.273 e. The molecule has 0 aliphatic carbocycles. The molecule has 0 aromatic carbocycles. The molecule has 0 atom stereocenters. The lowest BCUT2D eigenvalue weighted by Crippen LogP contribution is -2.54. The van der Waals surface area contributed by atoms with Crippen LogP contribution < -0.4 is 5.01 Å². The van der Waals surface area contributed by atoms with Crippen LogP contribution in [0.3, 0.4) is 0 Å². The standard InChI is InChI=1S/C13H19F2N3OS/c1-2-3-5-11(19)18(12-16-7-9-20-12)17-8-4-6-13(14,15)10-17/h7,9H,2-6,8,10H2,1H3. The van der Waals surface area contributed by atoms with Crippen molar-refractivity contribution in [3.8, 4) is 0 Å². The zero-order valence-corrected chi connectivity index (χ0v) is 12.3. The van der Waals surface area contributed by atoms with Crippen molar-refractivity contribution in [3.05, 3.63) is 11.6 Å². The maximum Gasteiger partial charge on any atom is 0.262 e. The number of hydrogen-bond acceptors (Lipinski definition) is 4. The van der Waals surface area contributed by atoms with Crippen molar-refractivity contribution in [1.82, 2.24) is 9.99 Å². The summed E-state index contributed by atoms with van der Waals surface area (Å²) in [6.07, 6.45) is 3.87. The molecule has 1 amide bonds. The lowest BCUT2D eigenvalue weighted by atomic mass is 10.1. The highest BCUT2D eigenvalue weighted by molar-refractivity contribution is 7.13. The quantitative estimate of drug-likeness (QED) is 0.837. The van der Waals surface area contributed by atoms with Gasteiger partial charge in [-0.25, -0.2) is 23.8 Å². The molecule has 1 saturated heterocycles. The van der Waals surface area contributed by atoms with Gasteiger partial charge in [0.15, 0.2) is 0 Å². The van der Waals surface area contributed by atoms with Gasteiger partial charge in [0.05, 0.1) is 6.54 Å². The highest BCUT2D eigenvalue weighted by atomic mass is 32.1. The molecule has 0 spiro atoms. The molecule has 0 saturated carbocycles. The van der Waals surface area contributed by atoms with Gasteiger partial charge in [-0.3, -0.25) is 4.79 Å². The van der Waals surface area contributed by atoms with Crippen LogP contribution in [0.15, 0.2) is 11.6 Å². The van der Waals surface area contributed by atoms with E-state index in [0.717, 1.165) is 12.8 Å². The van der Waals surface area contributed by atoms with Crippen molar-refractivity contribution in [2.45, 2.75) is 45.0 Å². The first kappa shape index (κ1) is 15.3. The van der Waals surface area contributed by atoms with Crippen molar-refractivity contribution in [2.75, 3.05) is 18.1 Å². The number of carbonyl (C=O) groups is 1. The van der Waals surface area contributed by atoms with Crippen LogP contribution in [-0.2, 0) is 4.79 Å². The fraction of sp³-hybridized carbons (Fsp3) is 0.692. The van der Waals surface area contributed by atoms with E-state index >= 15 is 0 Å². The Morgan fingerprint density at radius 3 is 3.00 bits per heavy atom. The number of alkyl halides is 2. The Bertz CT molecular complexity index is 439. The van der Waals surface area contributed by atoms with Crippen LogP contribution in [0.25, 0.3) is 0 Å². The number of rotatable bonds is 5. The van der Waals surface area contributed by atoms with Crippen LogP contribution in [-0.4, -0.2) is 34.9 Å². The van der Waals surface area contributed by atoms with Gasteiger partial charge < -0.3 is 0 Å². The average Bonchev–Trinajstić information content (AvgIpc) is 2.89. The second-order valence-corrected chi connectivity index (χ2v) is 5.84. The molecule has 1 aliphatic rings. The molecule has 0 N–H and O–H groups in total. The minimum atomic E-state index is -2.74. The summed E-state index contributed by atoms with van der Waals surface area (Å²) in [5, 5.41) is 5.02. The van der Waals surface area contributed by atoms with Crippen molar-refractivity contribution in [1.29, 1.82) is 0 Å². The Labute approximate surface area is 121 Å². The van der Waals surface area contributed by atoms with Crippen LogP contribution in [0.4, 0.5) is 13.9 Å². The molecule has 1 aliphatic heterocycles. The Morgan fingerprint density at radius 2 is 2.40 bits per heavy atom. The van der Waals surface area contributed by atoms with Crippen molar-refractivity contribution < 1.29 is 13.6 Å². The fourth-order valence-corrected chi connectivity index (χ4v) is 2.94. The number of amides is 1. The molecule has 0 unspecified atom stereocenters. The molecule has 112 valence electrons. The van der Waals surface area contributed by atoms with Gasteiger partial charge in [0.25, 0.3) is 5.92 Å². The van der Waals surface area contributed by atoms with E-state index in [9.17, 15) is 13.6 Å². The van der Waals surface area contributed by atoms with E-state index in [1.54, 1.807) is 11.6 Å². The highest BCUT2D eigenvalue weighted by Crippen LogP contribution is 2.30. The monoisotopic (exact) mass is 303 g/mol. The molecule has 1 aromatic rings. The zero-order chi connectivity index (χ0) is 14.6. The number of halogens is 2. The Balaban J connectivity index is 2.16. The number of thiazole rings is 1. The number of hydrazine groups is 1. The molecular formula is C13H19F2N3OS. The summed E-state index contributed by atoms with van der Waals surface area (Å²) >= 11 is 1.29. The largest absolute Gasteiger partial charge is 0.273 e. The molecule has 7 heteroatoms. The van der Waals surface area contributed by atoms with Crippen LogP contribution in [0.5, 0.6) is 0 Å². The third-order valence-corrected chi connectivity index (χ3v) is 3.98. The molecule has 20 heavy (non-hydrogen) atoms. The molecule has 1 fully saturated rings. The van der Waals surface area contributed by atoms with Gasteiger partial charge in [-0.05, 0) is 12.8 Å². The molecule has 2 heterocycles. The SMILES string of the molecule is CCCCC(=O)N(c1nccs1)N1CCCC(F)(F)C1. The Morgan fingerprint density at radius 1 is 1.60 bits per heavy atom. The summed E-state index contributed by atoms with van der Waals surface area (Å²) in [5.74, 6) is -2.89. The van der Waals surface area contributed by atoms with E-state index in [-0.39, 0.29) is 12.3 Å². The Hall–Kier alpha value is -1.08. The van der Waals surface area contributed by atoms with E-state index in [1.807, 2.05) is 6.92 Å². The van der Waals surface area contributed by atoms with Gasteiger partial charge in [-0.2, -0.15) is 0 Å². The van der Waals surface area contributed by atoms with Gasteiger partial charge in [-0.15, -0.1) is 11.3 Å². The van der Waals surface area contributed by atoms with Crippen molar-refractivity contribution in [2.24, 2.45) is 0 Å². The lowest BCUT2D eigenvalue weighted by Gasteiger charge is -2.38. The van der Waals surface area contributed by atoms with E-state index < -0.39 is 12.5 Å². The summed E-state index contributed by atoms with van der Waals surface area (Å²) in [4.78, 5) is 16.4. The second-order valence-electron chi connectivity index (χ2n) is 4.97. The highest BCUT2D eigenvalue weighted by Gasteiger charge is 2.39. The van der Waals surface area contributed by atoms with Gasteiger partial charge in [0.2, 0.25) is 11.0 Å². The maximum atomic E-state index is 13.6. The fourth-order valence-electron chi connectivity index (χ4n) is 2.26. The molecule has 4 nitrogen and oxygen atoms in total. The van der Waals surface area contributed by atoms with Crippen molar-refractivity contribution >= 4 is 22.4 Å². The Kier molecular flexibility index (Phi) is 5.04. The van der Waals surface area contributed by atoms with Gasteiger partial charge in [0.1, 0.15) is 0 Å². The first-order valence-corrected chi connectivity index (χ1v) is 7.76. The van der Waals surface area contributed by atoms with Gasteiger partial charge >= 0.3 is 0 Å². The average molecular weight is 303 g/mol. The molecule has 2 rings (SSSR count). The van der Waals surface area contributed by atoms with E-state index in [0.29, 0.717) is 24.5 Å².